The fraction of sp³-hybridized carbons (Fsp3) is 0.800. The van der Waals surface area contributed by atoms with Crippen molar-refractivity contribution in [2.24, 2.45) is 5.73 Å². The van der Waals surface area contributed by atoms with Gasteiger partial charge in [0.25, 0.3) is 0 Å². The van der Waals surface area contributed by atoms with Gasteiger partial charge in [0.1, 0.15) is 0 Å². The van der Waals surface area contributed by atoms with Crippen molar-refractivity contribution in [3.63, 3.8) is 0 Å². The van der Waals surface area contributed by atoms with Gasteiger partial charge in [-0.05, 0) is 0 Å². The molecule has 0 spiro atoms. The van der Waals surface area contributed by atoms with E-state index >= 15 is 0 Å². The average Bonchev–Trinajstić information content (AvgIpc) is 2.36. The van der Waals surface area contributed by atoms with Crippen LogP contribution in [0.2, 0.25) is 0 Å². The van der Waals surface area contributed by atoms with Crippen LogP contribution in [-0.4, -0.2) is 31.7 Å². The quantitative estimate of drug-likeness (QED) is 0.445. The van der Waals surface area contributed by atoms with Crippen molar-refractivity contribution in [2.45, 2.75) is 5.72 Å². The topological polar surface area (TPSA) is 64.4 Å². The zero-order valence-corrected chi connectivity index (χ0v) is 5.09. The first-order valence-corrected chi connectivity index (χ1v) is 2.88. The molecule has 1 fully saturated rings. The maximum Gasteiger partial charge on any atom is 0.187 e. The van der Waals surface area contributed by atoms with Crippen molar-refractivity contribution in [1.82, 2.24) is 5.32 Å². The number of carbonyl (C=O) groups excluding carboxylic acids is 1. The molecule has 0 saturated carbocycles. The first kappa shape index (κ1) is 6.67. The first-order valence-electron chi connectivity index (χ1n) is 2.88. The number of carbonyl (C=O) groups is 1. The van der Waals surface area contributed by atoms with Crippen molar-refractivity contribution in [2.75, 3.05) is 19.7 Å². The SMILES string of the molecule is NCC1(C=O)NCCO1. The van der Waals surface area contributed by atoms with Crippen molar-refractivity contribution < 1.29 is 9.53 Å². The molecule has 0 aromatic rings. The maximum absolute atomic E-state index is 10.3. The second kappa shape index (κ2) is 2.43. The minimum atomic E-state index is -0.875. The molecule has 9 heavy (non-hydrogen) atoms. The minimum absolute atomic E-state index is 0.205. The number of nitrogens with two attached hydrogens (primary N) is 1. The summed E-state index contributed by atoms with van der Waals surface area (Å²) in [6, 6.07) is 0. The normalized spacial score (nSPS) is 34.8. The molecule has 1 saturated heterocycles. The van der Waals surface area contributed by atoms with E-state index in [9.17, 15) is 4.79 Å². The zero-order chi connectivity index (χ0) is 6.74. The molecule has 0 aromatic heterocycles. The predicted molar refractivity (Wildman–Crippen MR) is 31.8 cm³/mol. The van der Waals surface area contributed by atoms with Crippen LogP contribution in [0.4, 0.5) is 0 Å². The molecule has 52 valence electrons. The largest absolute Gasteiger partial charge is 0.351 e. The fourth-order valence-corrected chi connectivity index (χ4v) is 0.802. The highest BCUT2D eigenvalue weighted by molar-refractivity contribution is 5.62. The highest BCUT2D eigenvalue weighted by Crippen LogP contribution is 2.05. The van der Waals surface area contributed by atoms with Gasteiger partial charge in [-0.3, -0.25) is 10.1 Å². The summed E-state index contributed by atoms with van der Waals surface area (Å²) in [6.45, 7) is 1.47. The molecular weight excluding hydrogens is 120 g/mol. The molecule has 0 aliphatic carbocycles. The maximum atomic E-state index is 10.3. The molecule has 1 atom stereocenters. The lowest BCUT2D eigenvalue weighted by Crippen LogP contribution is -2.49. The highest BCUT2D eigenvalue weighted by Gasteiger charge is 2.32. The van der Waals surface area contributed by atoms with E-state index in [1.54, 1.807) is 0 Å². The second-order valence-corrected chi connectivity index (χ2v) is 1.99. The van der Waals surface area contributed by atoms with Gasteiger partial charge in [-0.2, -0.15) is 0 Å². The Kier molecular flexibility index (Phi) is 1.80. The third-order valence-corrected chi connectivity index (χ3v) is 1.38. The van der Waals surface area contributed by atoms with Crippen LogP contribution in [0.5, 0.6) is 0 Å². The van der Waals surface area contributed by atoms with Crippen LogP contribution in [0.25, 0.3) is 0 Å². The summed E-state index contributed by atoms with van der Waals surface area (Å²) in [4.78, 5) is 10.3. The van der Waals surface area contributed by atoms with E-state index < -0.39 is 5.72 Å². The van der Waals surface area contributed by atoms with Crippen LogP contribution in [0.1, 0.15) is 0 Å². The Labute approximate surface area is 53.4 Å². The van der Waals surface area contributed by atoms with E-state index in [0.29, 0.717) is 19.4 Å². The number of rotatable bonds is 2. The Morgan fingerprint density at radius 3 is 2.89 bits per heavy atom. The van der Waals surface area contributed by atoms with Gasteiger partial charge in [-0.25, -0.2) is 0 Å². The summed E-state index contributed by atoms with van der Waals surface area (Å²) in [5, 5.41) is 2.85. The van der Waals surface area contributed by atoms with Gasteiger partial charge in [-0.1, -0.05) is 0 Å². The summed E-state index contributed by atoms with van der Waals surface area (Å²) in [7, 11) is 0. The Hall–Kier alpha value is -0.450. The third-order valence-electron chi connectivity index (χ3n) is 1.38. The van der Waals surface area contributed by atoms with Gasteiger partial charge < -0.3 is 10.5 Å². The van der Waals surface area contributed by atoms with E-state index in [4.69, 9.17) is 10.5 Å². The smallest absolute Gasteiger partial charge is 0.187 e. The van der Waals surface area contributed by atoms with Crippen LogP contribution < -0.4 is 11.1 Å². The van der Waals surface area contributed by atoms with E-state index in [-0.39, 0.29) is 6.54 Å². The van der Waals surface area contributed by atoms with Gasteiger partial charge in [0.05, 0.1) is 6.61 Å². The molecule has 0 bridgehead atoms. The van der Waals surface area contributed by atoms with Gasteiger partial charge in [-0.15, -0.1) is 0 Å². The van der Waals surface area contributed by atoms with Crippen molar-refractivity contribution in [1.29, 1.82) is 0 Å². The van der Waals surface area contributed by atoms with E-state index in [0.717, 1.165) is 0 Å². The van der Waals surface area contributed by atoms with E-state index in [1.165, 1.54) is 0 Å². The lowest BCUT2D eigenvalue weighted by Gasteiger charge is -2.18. The number of hydrogen-bond donors (Lipinski definition) is 2. The van der Waals surface area contributed by atoms with Gasteiger partial charge in [0.2, 0.25) is 0 Å². The number of nitrogens with one attached hydrogen (secondary N) is 1. The van der Waals surface area contributed by atoms with E-state index in [2.05, 4.69) is 5.32 Å². The molecule has 1 rings (SSSR count). The molecule has 1 aliphatic rings. The lowest BCUT2D eigenvalue weighted by atomic mass is 10.3. The van der Waals surface area contributed by atoms with Crippen molar-refractivity contribution >= 4 is 6.29 Å². The minimum Gasteiger partial charge on any atom is -0.351 e. The lowest BCUT2D eigenvalue weighted by molar-refractivity contribution is -0.126. The Bertz CT molecular complexity index is 110. The number of ether oxygens (including phenoxy) is 1. The van der Waals surface area contributed by atoms with Crippen molar-refractivity contribution in [3.05, 3.63) is 0 Å². The molecule has 4 nitrogen and oxygen atoms in total. The Morgan fingerprint density at radius 2 is 2.67 bits per heavy atom. The predicted octanol–water partition coefficient (Wildman–Crippen LogP) is -1.54. The molecule has 1 heterocycles. The number of hydrogen-bond acceptors (Lipinski definition) is 4. The van der Waals surface area contributed by atoms with Crippen LogP contribution >= 0.6 is 0 Å². The molecule has 0 aromatic carbocycles. The monoisotopic (exact) mass is 130 g/mol. The standard InChI is InChI=1S/C5H10N2O2/c6-3-5(4-8)7-1-2-9-5/h4,7H,1-3,6H2. The second-order valence-electron chi connectivity index (χ2n) is 1.99. The van der Waals surface area contributed by atoms with Crippen LogP contribution in [0.15, 0.2) is 0 Å². The summed E-state index contributed by atoms with van der Waals surface area (Å²) in [5.41, 5.74) is 4.39. The molecule has 0 radical (unpaired) electrons. The molecule has 0 amide bonds. The molecule has 1 aliphatic heterocycles. The summed E-state index contributed by atoms with van der Waals surface area (Å²) < 4.78 is 5.03. The van der Waals surface area contributed by atoms with E-state index in [1.807, 2.05) is 0 Å². The van der Waals surface area contributed by atoms with Gasteiger partial charge >= 0.3 is 0 Å². The van der Waals surface area contributed by atoms with Gasteiger partial charge in [0.15, 0.2) is 12.0 Å². The summed E-state index contributed by atoms with van der Waals surface area (Å²) in [6.07, 6.45) is 0.708. The fourth-order valence-electron chi connectivity index (χ4n) is 0.802. The molecule has 4 heteroatoms. The molecule has 1 unspecified atom stereocenters. The Balaban J connectivity index is 2.55. The third kappa shape index (κ3) is 1.10. The Morgan fingerprint density at radius 1 is 1.89 bits per heavy atom. The van der Waals surface area contributed by atoms with Crippen LogP contribution in [0, 0.1) is 0 Å². The first-order chi connectivity index (χ1) is 4.33. The highest BCUT2D eigenvalue weighted by atomic mass is 16.5. The average molecular weight is 130 g/mol. The summed E-state index contributed by atoms with van der Waals surface area (Å²) in [5.74, 6) is 0. The molecular formula is C5H10N2O2. The van der Waals surface area contributed by atoms with Crippen LogP contribution in [0.3, 0.4) is 0 Å². The zero-order valence-electron chi connectivity index (χ0n) is 5.09. The van der Waals surface area contributed by atoms with Crippen LogP contribution in [-0.2, 0) is 9.53 Å². The number of aldehydes is 1. The molecule has 3 N–H and O–H groups in total. The van der Waals surface area contributed by atoms with Gasteiger partial charge in [0, 0.05) is 13.1 Å². The van der Waals surface area contributed by atoms with Crippen molar-refractivity contribution in [3.8, 4) is 0 Å². The summed E-state index contributed by atoms with van der Waals surface area (Å²) >= 11 is 0.